The molecule has 10 heteroatoms. The molecular weight excluding hydrogens is 398 g/mol. The van der Waals surface area contributed by atoms with Crippen LogP contribution in [0.1, 0.15) is 36.5 Å². The first kappa shape index (κ1) is 19.7. The van der Waals surface area contributed by atoms with E-state index in [9.17, 15) is 22.8 Å². The number of sulfone groups is 1. The van der Waals surface area contributed by atoms with Crippen LogP contribution in [0.3, 0.4) is 0 Å². The summed E-state index contributed by atoms with van der Waals surface area (Å²) < 4.78 is 28.2. The molecule has 2 saturated heterocycles. The second kappa shape index (κ2) is 7.33. The Hall–Kier alpha value is -2.62. The highest BCUT2D eigenvalue weighted by Crippen LogP contribution is 2.37. The second-order valence-electron chi connectivity index (χ2n) is 7.73. The molecule has 9 nitrogen and oxygen atoms in total. The lowest BCUT2D eigenvalue weighted by atomic mass is 10.1. The van der Waals surface area contributed by atoms with Gasteiger partial charge in [0.25, 0.3) is 5.91 Å². The molecule has 0 aliphatic carbocycles. The fourth-order valence-electron chi connectivity index (χ4n) is 4.07. The van der Waals surface area contributed by atoms with Gasteiger partial charge in [-0.2, -0.15) is 0 Å². The van der Waals surface area contributed by atoms with Gasteiger partial charge in [-0.15, -0.1) is 0 Å². The summed E-state index contributed by atoms with van der Waals surface area (Å²) >= 11 is 0. The third-order valence-electron chi connectivity index (χ3n) is 5.59. The van der Waals surface area contributed by atoms with Gasteiger partial charge in [0.2, 0.25) is 5.91 Å². The first-order valence-electron chi connectivity index (χ1n) is 9.67. The molecule has 0 saturated carbocycles. The van der Waals surface area contributed by atoms with E-state index in [4.69, 9.17) is 4.74 Å². The smallest absolute Gasteiger partial charge is 0.338 e. The highest BCUT2D eigenvalue weighted by Gasteiger charge is 2.36. The summed E-state index contributed by atoms with van der Waals surface area (Å²) in [5, 5.41) is 5.45. The van der Waals surface area contributed by atoms with Gasteiger partial charge in [-0.1, -0.05) is 0 Å². The van der Waals surface area contributed by atoms with Crippen molar-refractivity contribution >= 4 is 39.0 Å². The Kier molecular flexibility index (Phi) is 4.97. The summed E-state index contributed by atoms with van der Waals surface area (Å²) in [6.07, 6.45) is 1.04. The molecule has 3 aliphatic heterocycles. The summed E-state index contributed by atoms with van der Waals surface area (Å²) in [7, 11) is -3.11. The number of amides is 2. The number of carbonyl (C=O) groups is 3. The molecule has 0 spiro atoms. The zero-order valence-corrected chi connectivity index (χ0v) is 16.8. The van der Waals surface area contributed by atoms with Crippen LogP contribution in [0.2, 0.25) is 0 Å². The Bertz CT molecular complexity index is 976. The van der Waals surface area contributed by atoms with Gasteiger partial charge in [0.05, 0.1) is 28.4 Å². The predicted octanol–water partition coefficient (Wildman–Crippen LogP) is 0.456. The van der Waals surface area contributed by atoms with Crippen LogP contribution in [0.5, 0.6) is 0 Å². The van der Waals surface area contributed by atoms with E-state index in [1.165, 1.54) is 6.92 Å². The molecule has 0 aromatic heterocycles. The molecule has 2 fully saturated rings. The molecule has 3 atom stereocenters. The topological polar surface area (TPSA) is 122 Å². The maximum Gasteiger partial charge on any atom is 0.338 e. The van der Waals surface area contributed by atoms with Gasteiger partial charge in [-0.3, -0.25) is 9.59 Å². The molecule has 2 N–H and O–H groups in total. The minimum atomic E-state index is -3.11. The normalized spacial score (nSPS) is 25.6. The summed E-state index contributed by atoms with van der Waals surface area (Å²) in [5.74, 6) is -1.36. The van der Waals surface area contributed by atoms with Crippen LogP contribution in [0.15, 0.2) is 18.2 Å². The number of carbonyl (C=O) groups excluding carboxylic acids is 3. The van der Waals surface area contributed by atoms with E-state index in [0.29, 0.717) is 12.1 Å². The molecule has 4 rings (SSSR count). The van der Waals surface area contributed by atoms with Crippen molar-refractivity contribution in [1.29, 1.82) is 0 Å². The summed E-state index contributed by atoms with van der Waals surface area (Å²) in [4.78, 5) is 39.0. The van der Waals surface area contributed by atoms with Gasteiger partial charge < -0.3 is 20.3 Å². The molecule has 156 valence electrons. The Labute approximate surface area is 168 Å². The predicted molar refractivity (Wildman–Crippen MR) is 106 cm³/mol. The van der Waals surface area contributed by atoms with E-state index in [2.05, 4.69) is 10.6 Å². The third-order valence-corrected chi connectivity index (χ3v) is 7.35. The van der Waals surface area contributed by atoms with Gasteiger partial charge in [0.1, 0.15) is 6.04 Å². The lowest BCUT2D eigenvalue weighted by Gasteiger charge is -2.33. The Morgan fingerprint density at radius 2 is 2.10 bits per heavy atom. The maximum atomic E-state index is 12.5. The number of hydrogen-bond donors (Lipinski definition) is 2. The second-order valence-corrected chi connectivity index (χ2v) is 9.96. The number of nitrogens with zero attached hydrogens (tertiary/aromatic N) is 1. The van der Waals surface area contributed by atoms with Crippen LogP contribution in [0.25, 0.3) is 0 Å². The summed E-state index contributed by atoms with van der Waals surface area (Å²) in [5.41, 5.74) is 1.65. The van der Waals surface area contributed by atoms with E-state index in [0.717, 1.165) is 25.1 Å². The summed E-state index contributed by atoms with van der Waals surface area (Å²) in [6, 6.07) is 4.32. The molecule has 0 bridgehead atoms. The average molecular weight is 421 g/mol. The Balaban J connectivity index is 1.40. The SMILES string of the molecule is C[C@@H](OC(=O)c1ccc2c(c1)NC(=O)[C@H]1CCCN21)C(=O)N[C@@H]1CCS(=O)(=O)C1. The van der Waals surface area contributed by atoms with E-state index < -0.39 is 33.9 Å². The highest BCUT2D eigenvalue weighted by atomic mass is 32.2. The van der Waals surface area contributed by atoms with Gasteiger partial charge in [-0.25, -0.2) is 13.2 Å². The van der Waals surface area contributed by atoms with E-state index in [-0.39, 0.29) is 29.0 Å². The van der Waals surface area contributed by atoms with Gasteiger partial charge in [0.15, 0.2) is 15.9 Å². The van der Waals surface area contributed by atoms with Crippen molar-refractivity contribution in [3.05, 3.63) is 23.8 Å². The minimum absolute atomic E-state index is 0.0465. The molecule has 3 aliphatic rings. The van der Waals surface area contributed by atoms with Crippen LogP contribution in [0.4, 0.5) is 11.4 Å². The van der Waals surface area contributed by atoms with Crippen molar-refractivity contribution in [3.63, 3.8) is 0 Å². The van der Waals surface area contributed by atoms with E-state index in [1.54, 1.807) is 18.2 Å². The highest BCUT2D eigenvalue weighted by molar-refractivity contribution is 7.91. The summed E-state index contributed by atoms with van der Waals surface area (Å²) in [6.45, 7) is 2.23. The van der Waals surface area contributed by atoms with E-state index in [1.807, 2.05) is 4.90 Å². The van der Waals surface area contributed by atoms with E-state index >= 15 is 0 Å². The number of fused-ring (bicyclic) bond motifs is 3. The maximum absolute atomic E-state index is 12.5. The first-order valence-corrected chi connectivity index (χ1v) is 11.5. The van der Waals surface area contributed by atoms with Crippen molar-refractivity contribution in [1.82, 2.24) is 5.32 Å². The molecule has 0 unspecified atom stereocenters. The quantitative estimate of drug-likeness (QED) is 0.677. The number of nitrogens with one attached hydrogen (secondary N) is 2. The van der Waals surface area contributed by atoms with Crippen LogP contribution in [0, 0.1) is 0 Å². The monoisotopic (exact) mass is 421 g/mol. The molecule has 0 radical (unpaired) electrons. The standard InChI is InChI=1S/C19H23N3O6S/c1-11(17(23)20-13-6-8-29(26,27)10-13)28-19(25)12-4-5-15-14(9-12)21-18(24)16-3-2-7-22(15)16/h4-5,9,11,13,16H,2-3,6-8,10H2,1H3,(H,20,23)(H,21,24)/t11-,13-,16-/m1/s1. The van der Waals surface area contributed by atoms with Gasteiger partial charge in [0, 0.05) is 12.6 Å². The van der Waals surface area contributed by atoms with Crippen LogP contribution >= 0.6 is 0 Å². The zero-order chi connectivity index (χ0) is 20.8. The van der Waals surface area contributed by atoms with Crippen LogP contribution in [-0.2, 0) is 24.2 Å². The van der Waals surface area contributed by atoms with Crippen molar-refractivity contribution in [2.45, 2.75) is 44.4 Å². The number of ether oxygens (including phenoxy) is 1. The van der Waals surface area contributed by atoms with Crippen LogP contribution < -0.4 is 15.5 Å². The number of hydrogen-bond acceptors (Lipinski definition) is 7. The number of esters is 1. The lowest BCUT2D eigenvalue weighted by Crippen LogP contribution is -2.44. The minimum Gasteiger partial charge on any atom is -0.449 e. The number of benzene rings is 1. The fraction of sp³-hybridized carbons (Fsp3) is 0.526. The van der Waals surface area contributed by atoms with Gasteiger partial charge in [-0.05, 0) is 44.4 Å². The first-order chi connectivity index (χ1) is 13.7. The zero-order valence-electron chi connectivity index (χ0n) is 16.0. The Morgan fingerprint density at radius 1 is 1.31 bits per heavy atom. The van der Waals surface area contributed by atoms with Crippen molar-refractivity contribution in [2.75, 3.05) is 28.3 Å². The van der Waals surface area contributed by atoms with Crippen molar-refractivity contribution in [3.8, 4) is 0 Å². The molecule has 1 aromatic rings. The number of rotatable bonds is 4. The van der Waals surface area contributed by atoms with Crippen molar-refractivity contribution < 1.29 is 27.5 Å². The number of anilines is 2. The Morgan fingerprint density at radius 3 is 2.83 bits per heavy atom. The lowest BCUT2D eigenvalue weighted by molar-refractivity contribution is -0.129. The largest absolute Gasteiger partial charge is 0.449 e. The molecule has 29 heavy (non-hydrogen) atoms. The molecule has 3 heterocycles. The molecule has 1 aromatic carbocycles. The fourth-order valence-corrected chi connectivity index (χ4v) is 5.74. The van der Waals surface area contributed by atoms with Gasteiger partial charge >= 0.3 is 5.97 Å². The van der Waals surface area contributed by atoms with Crippen LogP contribution in [-0.4, -0.2) is 62.4 Å². The third kappa shape index (κ3) is 3.93. The average Bonchev–Trinajstić information content (AvgIpc) is 3.28. The molecular formula is C19H23N3O6S. The molecule has 2 amide bonds. The van der Waals surface area contributed by atoms with Crippen molar-refractivity contribution in [2.24, 2.45) is 0 Å².